The average molecular weight is 324 g/mol. The Labute approximate surface area is 147 Å². The summed E-state index contributed by atoms with van der Waals surface area (Å²) in [6.45, 7) is 0. The van der Waals surface area contributed by atoms with E-state index in [1.54, 1.807) is 0 Å². The van der Waals surface area contributed by atoms with Crippen LogP contribution in [0.15, 0.2) is 91.0 Å². The molecule has 25 heavy (non-hydrogen) atoms. The molecule has 0 aliphatic heterocycles. The molecule has 0 saturated carbocycles. The van der Waals surface area contributed by atoms with E-state index in [0.29, 0.717) is 5.57 Å². The minimum Gasteiger partial charge on any atom is -0.478 e. The van der Waals surface area contributed by atoms with Gasteiger partial charge in [-0.05, 0) is 41.0 Å². The number of hydrogen-bond donors (Lipinski definition) is 1. The van der Waals surface area contributed by atoms with E-state index >= 15 is 0 Å². The van der Waals surface area contributed by atoms with Crippen LogP contribution in [0, 0.1) is 11.8 Å². The molecule has 2 heteroatoms. The highest BCUT2D eigenvalue weighted by Crippen LogP contribution is 2.23. The number of aliphatic carboxylic acids is 1. The van der Waals surface area contributed by atoms with E-state index in [9.17, 15) is 9.90 Å². The van der Waals surface area contributed by atoms with Crippen LogP contribution in [0.4, 0.5) is 0 Å². The SMILES string of the molecule is O=C(O)/C=C(\c1ccccc1)c1ccc(C#Cc2ccccc2)cc1. The predicted molar refractivity (Wildman–Crippen MR) is 100 cm³/mol. The average Bonchev–Trinajstić information content (AvgIpc) is 2.66. The minimum atomic E-state index is -0.966. The standard InChI is InChI=1S/C23H16O2/c24-23(25)17-22(20-9-5-2-6-10-20)21-15-13-19(14-16-21)12-11-18-7-3-1-4-8-18/h1-10,13-17H,(H,24,25)/b22-17+. The van der Waals surface area contributed by atoms with E-state index < -0.39 is 5.97 Å². The first-order valence-electron chi connectivity index (χ1n) is 7.90. The summed E-state index contributed by atoms with van der Waals surface area (Å²) in [5, 5.41) is 9.17. The van der Waals surface area contributed by atoms with E-state index in [4.69, 9.17) is 0 Å². The molecule has 0 amide bonds. The Bertz CT molecular complexity index is 942. The molecule has 0 radical (unpaired) electrons. The van der Waals surface area contributed by atoms with Crippen LogP contribution in [0.3, 0.4) is 0 Å². The lowest BCUT2D eigenvalue weighted by atomic mass is 9.96. The van der Waals surface area contributed by atoms with Crippen molar-refractivity contribution in [3.63, 3.8) is 0 Å². The third-order valence-corrected chi connectivity index (χ3v) is 3.67. The Morgan fingerprint density at radius 3 is 1.72 bits per heavy atom. The van der Waals surface area contributed by atoms with Gasteiger partial charge in [0.05, 0.1) is 0 Å². The first kappa shape index (κ1) is 16.3. The van der Waals surface area contributed by atoms with Crippen LogP contribution < -0.4 is 0 Å². The summed E-state index contributed by atoms with van der Waals surface area (Å²) in [7, 11) is 0. The highest BCUT2D eigenvalue weighted by molar-refractivity contribution is 5.95. The van der Waals surface area contributed by atoms with Crippen LogP contribution in [-0.2, 0) is 4.79 Å². The van der Waals surface area contributed by atoms with Crippen LogP contribution in [0.5, 0.6) is 0 Å². The molecular formula is C23H16O2. The molecule has 0 fully saturated rings. The quantitative estimate of drug-likeness (QED) is 0.564. The monoisotopic (exact) mass is 324 g/mol. The van der Waals surface area contributed by atoms with Gasteiger partial charge in [-0.25, -0.2) is 4.79 Å². The van der Waals surface area contributed by atoms with Gasteiger partial charge in [0.2, 0.25) is 0 Å². The van der Waals surface area contributed by atoms with Crippen molar-refractivity contribution in [3.8, 4) is 11.8 Å². The van der Waals surface area contributed by atoms with Gasteiger partial charge >= 0.3 is 5.97 Å². The zero-order valence-electron chi connectivity index (χ0n) is 13.5. The summed E-state index contributed by atoms with van der Waals surface area (Å²) < 4.78 is 0. The van der Waals surface area contributed by atoms with Crippen LogP contribution >= 0.6 is 0 Å². The Hall–Kier alpha value is -3.57. The van der Waals surface area contributed by atoms with Crippen LogP contribution in [0.2, 0.25) is 0 Å². The molecule has 0 aliphatic rings. The lowest BCUT2D eigenvalue weighted by Gasteiger charge is -2.07. The van der Waals surface area contributed by atoms with E-state index in [-0.39, 0.29) is 0 Å². The predicted octanol–water partition coefficient (Wildman–Crippen LogP) is 4.60. The second kappa shape index (κ2) is 7.81. The molecule has 2 nitrogen and oxygen atoms in total. The van der Waals surface area contributed by atoms with Crippen molar-refractivity contribution in [1.82, 2.24) is 0 Å². The molecular weight excluding hydrogens is 308 g/mol. The van der Waals surface area contributed by atoms with Gasteiger partial charge in [-0.2, -0.15) is 0 Å². The van der Waals surface area contributed by atoms with Gasteiger partial charge in [0.1, 0.15) is 0 Å². The largest absolute Gasteiger partial charge is 0.478 e. The molecule has 0 heterocycles. The summed E-state index contributed by atoms with van der Waals surface area (Å²) in [5.74, 6) is 5.27. The third-order valence-electron chi connectivity index (χ3n) is 3.67. The van der Waals surface area contributed by atoms with Gasteiger partial charge < -0.3 is 5.11 Å². The molecule has 0 aromatic heterocycles. The lowest BCUT2D eigenvalue weighted by molar-refractivity contribution is -0.131. The van der Waals surface area contributed by atoms with Crippen molar-refractivity contribution < 1.29 is 9.90 Å². The molecule has 3 aromatic rings. The van der Waals surface area contributed by atoms with E-state index in [2.05, 4.69) is 11.8 Å². The normalized spacial score (nSPS) is 10.6. The van der Waals surface area contributed by atoms with Gasteiger partial charge in [0.15, 0.2) is 0 Å². The summed E-state index contributed by atoms with van der Waals surface area (Å²) in [6.07, 6.45) is 1.24. The molecule has 3 rings (SSSR count). The van der Waals surface area contributed by atoms with Gasteiger partial charge in [0, 0.05) is 17.2 Å². The summed E-state index contributed by atoms with van der Waals surface area (Å²) >= 11 is 0. The molecule has 0 spiro atoms. The van der Waals surface area contributed by atoms with Crippen molar-refractivity contribution >= 4 is 11.5 Å². The molecule has 0 saturated heterocycles. The van der Waals surface area contributed by atoms with Gasteiger partial charge in [-0.3, -0.25) is 0 Å². The number of carboxylic acids is 1. The van der Waals surface area contributed by atoms with Crippen molar-refractivity contribution in [2.75, 3.05) is 0 Å². The Morgan fingerprint density at radius 1 is 0.680 bits per heavy atom. The van der Waals surface area contributed by atoms with Crippen molar-refractivity contribution in [2.24, 2.45) is 0 Å². The first-order valence-corrected chi connectivity index (χ1v) is 7.90. The fourth-order valence-electron chi connectivity index (χ4n) is 2.47. The van der Waals surface area contributed by atoms with Crippen LogP contribution in [0.25, 0.3) is 5.57 Å². The van der Waals surface area contributed by atoms with Crippen molar-refractivity contribution in [1.29, 1.82) is 0 Å². The number of benzene rings is 3. The Balaban J connectivity index is 1.90. The maximum absolute atomic E-state index is 11.2. The molecule has 3 aromatic carbocycles. The number of hydrogen-bond acceptors (Lipinski definition) is 1. The number of rotatable bonds is 3. The maximum atomic E-state index is 11.2. The molecule has 120 valence electrons. The van der Waals surface area contributed by atoms with Gasteiger partial charge in [-0.1, -0.05) is 72.5 Å². The zero-order valence-corrected chi connectivity index (χ0v) is 13.5. The first-order chi connectivity index (χ1) is 12.2. The zero-order chi connectivity index (χ0) is 17.5. The van der Waals surface area contributed by atoms with Gasteiger partial charge in [-0.15, -0.1) is 0 Å². The van der Waals surface area contributed by atoms with Crippen molar-refractivity contribution in [2.45, 2.75) is 0 Å². The molecule has 0 bridgehead atoms. The highest BCUT2D eigenvalue weighted by atomic mass is 16.4. The second-order valence-corrected chi connectivity index (χ2v) is 5.46. The third kappa shape index (κ3) is 4.46. The van der Waals surface area contributed by atoms with Gasteiger partial charge in [0.25, 0.3) is 0 Å². The Kier molecular flexibility index (Phi) is 5.09. The second-order valence-electron chi connectivity index (χ2n) is 5.46. The van der Waals surface area contributed by atoms with E-state index in [1.807, 2.05) is 84.9 Å². The molecule has 1 N–H and O–H groups in total. The van der Waals surface area contributed by atoms with Crippen molar-refractivity contribution in [3.05, 3.63) is 113 Å². The fourth-order valence-corrected chi connectivity index (χ4v) is 2.47. The lowest BCUT2D eigenvalue weighted by Crippen LogP contribution is -1.94. The minimum absolute atomic E-state index is 0.677. The molecule has 0 aliphatic carbocycles. The fraction of sp³-hybridized carbons (Fsp3) is 0. The summed E-state index contributed by atoms with van der Waals surface area (Å²) in [4.78, 5) is 11.2. The van der Waals surface area contributed by atoms with E-state index in [0.717, 1.165) is 22.3 Å². The van der Waals surface area contributed by atoms with Crippen LogP contribution in [-0.4, -0.2) is 11.1 Å². The molecule has 0 atom stereocenters. The van der Waals surface area contributed by atoms with Crippen LogP contribution in [0.1, 0.15) is 22.3 Å². The highest BCUT2D eigenvalue weighted by Gasteiger charge is 2.07. The number of carbonyl (C=O) groups is 1. The maximum Gasteiger partial charge on any atom is 0.328 e. The van der Waals surface area contributed by atoms with E-state index in [1.165, 1.54) is 6.08 Å². The molecule has 0 unspecified atom stereocenters. The number of carboxylic acid groups (broad SMARTS) is 1. The summed E-state index contributed by atoms with van der Waals surface area (Å²) in [6, 6.07) is 26.9. The smallest absolute Gasteiger partial charge is 0.328 e. The summed E-state index contributed by atoms with van der Waals surface area (Å²) in [5.41, 5.74) is 4.24. The Morgan fingerprint density at radius 2 is 1.16 bits per heavy atom. The topological polar surface area (TPSA) is 37.3 Å².